The molecule has 41 heavy (non-hydrogen) atoms. The van der Waals surface area contributed by atoms with Gasteiger partial charge in [-0.05, 0) is 72.0 Å². The minimum atomic E-state index is -0.271. The minimum Gasteiger partial charge on any atom is -0.505 e. The topological polar surface area (TPSA) is 80.7 Å². The maximum absolute atomic E-state index is 13.4. The summed E-state index contributed by atoms with van der Waals surface area (Å²) in [6.07, 6.45) is 3.92. The Morgan fingerprint density at radius 2 is 1.80 bits per heavy atom. The van der Waals surface area contributed by atoms with Crippen LogP contribution in [0, 0.1) is 0 Å². The van der Waals surface area contributed by atoms with E-state index in [1.54, 1.807) is 19.2 Å². The number of hydrogen-bond acceptors (Lipinski definition) is 4. The van der Waals surface area contributed by atoms with Gasteiger partial charge in [0.15, 0.2) is 5.75 Å². The van der Waals surface area contributed by atoms with E-state index in [0.717, 1.165) is 62.2 Å². The maximum atomic E-state index is 13.4. The second kappa shape index (κ2) is 13.3. The van der Waals surface area contributed by atoms with Gasteiger partial charge in [-0.2, -0.15) is 0 Å². The lowest BCUT2D eigenvalue weighted by Gasteiger charge is -2.34. The second-order valence-corrected chi connectivity index (χ2v) is 11.8. The van der Waals surface area contributed by atoms with Crippen LogP contribution in [0.25, 0.3) is 22.0 Å². The van der Waals surface area contributed by atoms with Crippen LogP contribution in [0.5, 0.6) is 5.75 Å². The zero-order valence-corrected chi connectivity index (χ0v) is 24.9. The van der Waals surface area contributed by atoms with Crippen LogP contribution in [0.15, 0.2) is 66.7 Å². The lowest BCUT2D eigenvalue weighted by Crippen LogP contribution is -2.42. The number of piperidine rings is 1. The number of rotatable bonds is 10. The van der Waals surface area contributed by atoms with Crippen LogP contribution in [0.1, 0.15) is 42.9 Å². The van der Waals surface area contributed by atoms with Gasteiger partial charge in [0.05, 0.1) is 10.0 Å². The Labute approximate surface area is 251 Å². The first-order valence-electron chi connectivity index (χ1n) is 14.2. The fourth-order valence-corrected chi connectivity index (χ4v) is 6.41. The molecule has 216 valence electrons. The van der Waals surface area contributed by atoms with E-state index in [0.29, 0.717) is 18.8 Å². The van der Waals surface area contributed by atoms with E-state index in [1.807, 2.05) is 29.2 Å². The van der Waals surface area contributed by atoms with Crippen LogP contribution in [0.3, 0.4) is 0 Å². The summed E-state index contributed by atoms with van der Waals surface area (Å²) in [4.78, 5) is 15.4. The average molecular weight is 595 g/mol. The number of aryl methyl sites for hydroxylation is 1. The van der Waals surface area contributed by atoms with E-state index in [2.05, 4.69) is 34.9 Å². The number of methoxy groups -OCH3 is 1. The van der Waals surface area contributed by atoms with E-state index in [4.69, 9.17) is 33.7 Å². The number of para-hydroxylation sites is 1. The number of fused-ring (bicyclic) bond motifs is 1. The number of halogens is 2. The molecule has 1 fully saturated rings. The van der Waals surface area contributed by atoms with E-state index >= 15 is 0 Å². The van der Waals surface area contributed by atoms with Gasteiger partial charge in [-0.1, -0.05) is 65.7 Å². The molecule has 1 unspecified atom stereocenters. The molecule has 2 heterocycles. The van der Waals surface area contributed by atoms with E-state index < -0.39 is 0 Å². The number of nitrogens with two attached hydrogens (primary N) is 1. The van der Waals surface area contributed by atoms with E-state index in [9.17, 15) is 9.90 Å². The number of aromatic nitrogens is 1. The predicted molar refractivity (Wildman–Crippen MR) is 167 cm³/mol. The number of amides is 1. The second-order valence-electron chi connectivity index (χ2n) is 11.0. The Morgan fingerprint density at radius 1 is 1.07 bits per heavy atom. The van der Waals surface area contributed by atoms with Gasteiger partial charge >= 0.3 is 0 Å². The lowest BCUT2D eigenvalue weighted by molar-refractivity contribution is -0.132. The molecule has 5 rings (SSSR count). The van der Waals surface area contributed by atoms with Gasteiger partial charge in [0.1, 0.15) is 0 Å². The first-order chi connectivity index (χ1) is 19.8. The molecule has 3 N–H and O–H groups in total. The maximum Gasteiger partial charge on any atom is 0.224 e. The van der Waals surface area contributed by atoms with Crippen molar-refractivity contribution in [3.63, 3.8) is 0 Å². The van der Waals surface area contributed by atoms with Crippen molar-refractivity contribution >= 4 is 40.0 Å². The number of aromatic hydroxyl groups is 1. The van der Waals surface area contributed by atoms with Crippen molar-refractivity contribution in [3.8, 4) is 16.9 Å². The monoisotopic (exact) mass is 593 g/mol. The number of carbonyl (C=O) groups excluding carboxylic acids is 1. The zero-order chi connectivity index (χ0) is 28.9. The summed E-state index contributed by atoms with van der Waals surface area (Å²) >= 11 is 12.2. The average Bonchev–Trinajstić information content (AvgIpc) is 3.35. The first-order valence-corrected chi connectivity index (χ1v) is 15.0. The number of ether oxygens (including phenoxy) is 1. The van der Waals surface area contributed by atoms with Gasteiger partial charge < -0.3 is 25.0 Å². The van der Waals surface area contributed by atoms with Crippen molar-refractivity contribution in [1.82, 2.24) is 9.47 Å². The van der Waals surface area contributed by atoms with Crippen molar-refractivity contribution < 1.29 is 14.6 Å². The minimum absolute atomic E-state index is 0.117. The fraction of sp³-hybridized carbons (Fsp3) is 0.364. The van der Waals surface area contributed by atoms with Crippen molar-refractivity contribution in [2.75, 3.05) is 26.8 Å². The first kappa shape index (κ1) is 29.5. The van der Waals surface area contributed by atoms with Gasteiger partial charge in [0.2, 0.25) is 5.91 Å². The Hall–Kier alpha value is -3.03. The van der Waals surface area contributed by atoms with E-state index in [-0.39, 0.29) is 27.7 Å². The molecule has 1 saturated heterocycles. The summed E-state index contributed by atoms with van der Waals surface area (Å²) in [5, 5.41) is 11.5. The third kappa shape index (κ3) is 6.90. The van der Waals surface area contributed by atoms with Crippen molar-refractivity contribution in [3.05, 3.63) is 88.0 Å². The molecule has 3 aromatic carbocycles. The molecule has 4 aromatic rings. The summed E-state index contributed by atoms with van der Waals surface area (Å²) in [7, 11) is 1.74. The molecular weight excluding hydrogens is 557 g/mol. The molecule has 1 aliphatic rings. The Morgan fingerprint density at radius 3 is 2.54 bits per heavy atom. The third-order valence-electron chi connectivity index (χ3n) is 8.00. The Kier molecular flexibility index (Phi) is 9.56. The van der Waals surface area contributed by atoms with Gasteiger partial charge in [0.25, 0.3) is 0 Å². The SMILES string of the molecule is COCCCn1c(C2CCCN(C(=O)C[C@H](N)Cc3ccc(-c4cc(Cl)c(O)c(Cl)c4)cc3)C2)cc2ccccc21. The molecule has 1 amide bonds. The van der Waals surface area contributed by atoms with Crippen LogP contribution in [-0.2, 0) is 22.5 Å². The number of hydrogen-bond donors (Lipinski definition) is 2. The lowest BCUT2D eigenvalue weighted by atomic mass is 9.93. The standard InChI is InChI=1S/C33H37Cl2N3O3/c1-41-15-5-14-38-30-8-3-2-6-24(30)19-31(38)25-7-4-13-37(21-25)32(39)20-27(36)16-22-9-11-23(12-10-22)26-17-28(34)33(40)29(35)18-26/h2-3,6,8-12,17-19,25,27,40H,4-5,7,13-16,20-21,36H2,1H3/t25?,27-/m1/s1. The van der Waals surface area contributed by atoms with Crippen LogP contribution < -0.4 is 5.73 Å². The summed E-state index contributed by atoms with van der Waals surface area (Å²) in [5.41, 5.74) is 11.8. The molecular formula is C33H37Cl2N3O3. The molecule has 0 radical (unpaired) electrons. The highest BCUT2D eigenvalue weighted by atomic mass is 35.5. The molecule has 1 aromatic heterocycles. The molecule has 8 heteroatoms. The van der Waals surface area contributed by atoms with Crippen molar-refractivity contribution in [2.24, 2.45) is 5.73 Å². The number of likely N-dealkylation sites (tertiary alicyclic amines) is 1. The molecule has 2 atom stereocenters. The van der Waals surface area contributed by atoms with Gasteiger partial charge in [-0.3, -0.25) is 4.79 Å². The summed E-state index contributed by atoms with van der Waals surface area (Å²) in [5.74, 6) is 0.302. The number of benzene rings is 3. The summed E-state index contributed by atoms with van der Waals surface area (Å²) in [6, 6.07) is 21.9. The van der Waals surface area contributed by atoms with Crippen molar-refractivity contribution in [2.45, 2.75) is 50.6 Å². The quantitative estimate of drug-likeness (QED) is 0.193. The smallest absolute Gasteiger partial charge is 0.224 e. The summed E-state index contributed by atoms with van der Waals surface area (Å²) < 4.78 is 7.73. The Bertz CT molecular complexity index is 1480. The molecule has 0 spiro atoms. The summed E-state index contributed by atoms with van der Waals surface area (Å²) in [6.45, 7) is 3.12. The van der Waals surface area contributed by atoms with Crippen LogP contribution in [-0.4, -0.2) is 53.3 Å². The number of nitrogens with zero attached hydrogens (tertiary/aromatic N) is 2. The third-order valence-corrected chi connectivity index (χ3v) is 8.58. The van der Waals surface area contributed by atoms with Gasteiger partial charge in [0, 0.05) is 62.9 Å². The van der Waals surface area contributed by atoms with Crippen LogP contribution >= 0.6 is 23.2 Å². The molecule has 0 bridgehead atoms. The van der Waals surface area contributed by atoms with Crippen LogP contribution in [0.2, 0.25) is 10.0 Å². The van der Waals surface area contributed by atoms with Gasteiger partial charge in [-0.15, -0.1) is 0 Å². The highest BCUT2D eigenvalue weighted by Crippen LogP contribution is 2.36. The fourth-order valence-electron chi connectivity index (χ4n) is 5.93. The van der Waals surface area contributed by atoms with Crippen molar-refractivity contribution in [1.29, 1.82) is 0 Å². The number of phenolic OH excluding ortho intramolecular Hbond substituents is 1. The molecule has 0 saturated carbocycles. The molecule has 1 aliphatic heterocycles. The largest absolute Gasteiger partial charge is 0.505 e. The number of carbonyl (C=O) groups is 1. The Balaban J connectivity index is 1.21. The zero-order valence-electron chi connectivity index (χ0n) is 23.4. The molecule has 0 aliphatic carbocycles. The van der Waals surface area contributed by atoms with Gasteiger partial charge in [-0.25, -0.2) is 0 Å². The highest BCUT2D eigenvalue weighted by Gasteiger charge is 2.28. The van der Waals surface area contributed by atoms with Crippen LogP contribution in [0.4, 0.5) is 0 Å². The van der Waals surface area contributed by atoms with E-state index in [1.165, 1.54) is 16.6 Å². The molecule has 6 nitrogen and oxygen atoms in total. The normalized spacial score (nSPS) is 16.3. The number of phenols is 1. The predicted octanol–water partition coefficient (Wildman–Crippen LogP) is 7.02. The highest BCUT2D eigenvalue weighted by molar-refractivity contribution is 6.37.